The van der Waals surface area contributed by atoms with Crippen LogP contribution >= 0.6 is 0 Å². The average Bonchev–Trinajstić information content (AvgIpc) is 2.46. The minimum Gasteiger partial charge on any atom is -0.748 e. The van der Waals surface area contributed by atoms with Crippen molar-refractivity contribution in [2.24, 2.45) is 0 Å². The second-order valence-corrected chi connectivity index (χ2v) is 5.78. The van der Waals surface area contributed by atoms with E-state index >= 15 is 0 Å². The molecule has 0 bridgehead atoms. The molecule has 0 amide bonds. The van der Waals surface area contributed by atoms with Crippen molar-refractivity contribution >= 4 is 50.8 Å². The number of nitrogens with zero attached hydrogens (tertiary/aromatic N) is 1. The third kappa shape index (κ3) is 17.4. The van der Waals surface area contributed by atoms with Crippen molar-refractivity contribution in [1.29, 1.82) is 0 Å². The molecule has 0 saturated carbocycles. The molecule has 0 N–H and O–H groups in total. The topological polar surface area (TPSA) is 110 Å². The summed E-state index contributed by atoms with van der Waals surface area (Å²) in [5, 5.41) is 12.1. The van der Waals surface area contributed by atoms with Crippen LogP contribution in [0.1, 0.15) is 37.2 Å². The van der Waals surface area contributed by atoms with Crippen molar-refractivity contribution in [2.75, 3.05) is 6.26 Å². The Morgan fingerprint density at radius 2 is 1.52 bits per heavy atom. The Bertz CT molecular complexity index is 690. The Labute approximate surface area is 167 Å². The summed E-state index contributed by atoms with van der Waals surface area (Å²) in [6.45, 7) is 11.0. The monoisotopic (exact) mass is 473 g/mol. The molecule has 1 heterocycles. The maximum atomic E-state index is 10.6. The van der Waals surface area contributed by atoms with Crippen molar-refractivity contribution in [3.63, 3.8) is 0 Å². The van der Waals surface area contributed by atoms with Crippen LogP contribution in [-0.2, 0) is 10.1 Å². The Morgan fingerprint density at radius 1 is 1.12 bits per heavy atom. The number of aromatic nitrogens is 1. The molecule has 1 aromatic carbocycles. The predicted molar refractivity (Wildman–Crippen MR) is 98.7 cm³/mol. The van der Waals surface area contributed by atoms with Gasteiger partial charge in [0.05, 0.1) is 21.8 Å². The summed E-state index contributed by atoms with van der Waals surface area (Å²) in [6, 6.07) is 8.94. The van der Waals surface area contributed by atoms with Crippen LogP contribution in [0.3, 0.4) is 0 Å². The van der Waals surface area contributed by atoms with Gasteiger partial charge in [-0.15, -0.1) is 0 Å². The van der Waals surface area contributed by atoms with Crippen LogP contribution in [0.2, 0.25) is 0 Å². The molecule has 0 aliphatic rings. The molecule has 1 aromatic heterocycles. The van der Waals surface area contributed by atoms with Crippen LogP contribution in [0.15, 0.2) is 36.5 Å². The minimum atomic E-state index is -3.92. The Balaban J connectivity index is -0.000000341. The zero-order chi connectivity index (χ0) is 19.2. The minimum absolute atomic E-state index is 0. The first-order chi connectivity index (χ1) is 11.1. The number of carboxylic acids is 1. The van der Waals surface area contributed by atoms with Gasteiger partial charge in [-0.05, 0) is 11.5 Å². The standard InChI is InChI=1S/C10H7NO2.2C3H7.CH4O3S.Sn/c12-10(13)9-8-4-2-1-3-7(8)5-6-11-9;2*1-3-2;1-5(2,3)4;/h1-6H,(H,12,13);2*1,3H2,2H3;1H3,(H,2,3,4);/q;;;;+2/p-2. The zero-order valence-corrected chi connectivity index (χ0v) is 18.4. The SMILES string of the molecule is CS(=O)(=O)[O-].O=C([O-])c1nccc2ccccc12.[CH2]CC.[CH2]CC.[Sn+2]. The van der Waals surface area contributed by atoms with Crippen LogP contribution in [0.25, 0.3) is 10.8 Å². The fourth-order valence-electron chi connectivity index (χ4n) is 1.28. The predicted octanol–water partition coefficient (Wildman–Crippen LogP) is 1.84. The molecule has 136 valence electrons. The largest absolute Gasteiger partial charge is 2.00 e. The maximum absolute atomic E-state index is 10.6. The first kappa shape index (κ1) is 28.6. The molecule has 4 radical (unpaired) electrons. The molecule has 0 unspecified atom stereocenters. The molecule has 0 aliphatic carbocycles. The van der Waals surface area contributed by atoms with Crippen molar-refractivity contribution < 1.29 is 22.9 Å². The molecule has 0 saturated heterocycles. The van der Waals surface area contributed by atoms with Gasteiger partial charge in [0.1, 0.15) is 0 Å². The molecule has 2 rings (SSSR count). The smallest absolute Gasteiger partial charge is 0.748 e. The number of aromatic carboxylic acids is 1. The number of carboxylic acid groups (broad SMARTS) is 1. The third-order valence-corrected chi connectivity index (χ3v) is 1.87. The second kappa shape index (κ2) is 16.3. The second-order valence-electron chi connectivity index (χ2n) is 4.37. The Kier molecular flexibility index (Phi) is 18.6. The number of carbonyl (C=O) groups excluding carboxylic acids is 1. The van der Waals surface area contributed by atoms with E-state index in [0.29, 0.717) is 11.6 Å². The van der Waals surface area contributed by atoms with E-state index in [4.69, 9.17) is 13.0 Å². The third-order valence-electron chi connectivity index (χ3n) is 1.87. The number of fused-ring (bicyclic) bond motifs is 1. The molecular formula is C17H23NO5SSn. The number of benzene rings is 1. The summed E-state index contributed by atoms with van der Waals surface area (Å²) < 4.78 is 27.2. The van der Waals surface area contributed by atoms with Crippen molar-refractivity contribution in [3.05, 3.63) is 56.1 Å². The van der Waals surface area contributed by atoms with Gasteiger partial charge in [-0.1, -0.05) is 64.8 Å². The first-order valence-corrected chi connectivity index (χ1v) is 8.98. The summed E-state index contributed by atoms with van der Waals surface area (Å²) in [5.41, 5.74) is -0.00176. The van der Waals surface area contributed by atoms with E-state index in [-0.39, 0.29) is 29.6 Å². The van der Waals surface area contributed by atoms with Gasteiger partial charge in [-0.25, -0.2) is 8.42 Å². The number of hydrogen-bond donors (Lipinski definition) is 0. The number of rotatable bonds is 1. The summed E-state index contributed by atoms with van der Waals surface area (Å²) in [5.74, 6) is -1.24. The number of hydrogen-bond acceptors (Lipinski definition) is 6. The maximum Gasteiger partial charge on any atom is 2.00 e. The normalized spacial score (nSPS) is 9.04. The van der Waals surface area contributed by atoms with E-state index in [0.717, 1.165) is 18.2 Å². The zero-order valence-electron chi connectivity index (χ0n) is 14.7. The van der Waals surface area contributed by atoms with Crippen LogP contribution in [0, 0.1) is 13.8 Å². The van der Waals surface area contributed by atoms with Crippen LogP contribution in [0.5, 0.6) is 0 Å². The van der Waals surface area contributed by atoms with Crippen LogP contribution in [-0.4, -0.2) is 54.1 Å². The van der Waals surface area contributed by atoms with Gasteiger partial charge in [-0.2, -0.15) is 0 Å². The van der Waals surface area contributed by atoms with Crippen molar-refractivity contribution in [1.82, 2.24) is 4.98 Å². The quantitative estimate of drug-likeness (QED) is 0.463. The van der Waals surface area contributed by atoms with Gasteiger partial charge in [0.2, 0.25) is 0 Å². The number of pyridine rings is 1. The van der Waals surface area contributed by atoms with Gasteiger partial charge in [0, 0.05) is 17.8 Å². The Morgan fingerprint density at radius 3 is 1.92 bits per heavy atom. The first-order valence-electron chi connectivity index (χ1n) is 7.16. The van der Waals surface area contributed by atoms with E-state index < -0.39 is 16.1 Å². The van der Waals surface area contributed by atoms with E-state index in [2.05, 4.69) is 18.8 Å². The molecule has 2 aromatic rings. The molecule has 8 heteroatoms. The molecular weight excluding hydrogens is 449 g/mol. The van der Waals surface area contributed by atoms with Crippen molar-refractivity contribution in [2.45, 2.75) is 26.7 Å². The van der Waals surface area contributed by atoms with E-state index in [1.807, 2.05) is 26.0 Å². The average molecular weight is 472 g/mol. The van der Waals surface area contributed by atoms with Gasteiger partial charge >= 0.3 is 23.9 Å². The molecule has 6 nitrogen and oxygen atoms in total. The summed E-state index contributed by atoms with van der Waals surface area (Å²) in [6.07, 6.45) is 4.07. The Hall–Kier alpha value is -1.19. The fourth-order valence-corrected chi connectivity index (χ4v) is 1.28. The molecule has 0 fully saturated rings. The van der Waals surface area contributed by atoms with Gasteiger partial charge < -0.3 is 14.5 Å². The van der Waals surface area contributed by atoms with Crippen LogP contribution in [0.4, 0.5) is 0 Å². The van der Waals surface area contributed by atoms with Crippen LogP contribution < -0.4 is 5.11 Å². The summed E-state index contributed by atoms with van der Waals surface area (Å²) in [7, 11) is -3.92. The number of carbonyl (C=O) groups is 1. The summed E-state index contributed by atoms with van der Waals surface area (Å²) >= 11 is 0. The van der Waals surface area contributed by atoms with Gasteiger partial charge in [0.25, 0.3) is 0 Å². The fraction of sp³-hybridized carbons (Fsp3) is 0.294. The van der Waals surface area contributed by atoms with Gasteiger partial charge in [0.15, 0.2) is 0 Å². The van der Waals surface area contributed by atoms with Gasteiger partial charge in [-0.3, -0.25) is 4.98 Å². The summed E-state index contributed by atoms with van der Waals surface area (Å²) in [4.78, 5) is 14.4. The van der Waals surface area contributed by atoms with E-state index in [9.17, 15) is 9.90 Å². The van der Waals surface area contributed by atoms with Crippen molar-refractivity contribution in [3.8, 4) is 0 Å². The molecule has 0 spiro atoms. The molecule has 25 heavy (non-hydrogen) atoms. The molecule has 0 atom stereocenters. The van der Waals surface area contributed by atoms with E-state index in [1.54, 1.807) is 18.2 Å². The molecule has 0 aliphatic heterocycles. The van der Waals surface area contributed by atoms with E-state index in [1.165, 1.54) is 6.20 Å².